The summed E-state index contributed by atoms with van der Waals surface area (Å²) in [6, 6.07) is 45.6. The average molecular weight is 1330 g/mol. The van der Waals surface area contributed by atoms with Crippen LogP contribution in [0.1, 0.15) is 241 Å². The van der Waals surface area contributed by atoms with E-state index in [-0.39, 0.29) is 17.2 Å². The van der Waals surface area contributed by atoms with Crippen molar-refractivity contribution in [3.63, 3.8) is 0 Å². The molecule has 1 aliphatic rings. The standard InChI is InChI=1S/C83H97NO2S6/c1-11-19-23-24-25-28-36-58-41-43-61(44-42-58)84-80(85)73-72-77(91-78(73)81(84)86)76(92-79(72)82(10,49-33-20-12-2)59-37-29-26-30-38-59)68-52-64-70(66-47-45-62(87-66)50-56(16-6)34-21-13-3)75-65(53-69(90-75)83(18-8,54-55(9)15-5)60-39-31-27-32-40-60)71(74(64)89-68)67-48-46-63(88-67)51-57(17-7)35-22-14-4/h12,15,20,26-27,29-32,37-48,52-53,56-57H,11,13-14,16-19,21-25,28,33-36,49-51,54H2,1-10H3/b20-12-,55-15+. The van der Waals surface area contributed by atoms with E-state index < -0.39 is 5.41 Å². The van der Waals surface area contributed by atoms with Crippen LogP contribution in [-0.4, -0.2) is 11.8 Å². The first kappa shape index (κ1) is 67.9. The van der Waals surface area contributed by atoms with E-state index in [9.17, 15) is 0 Å². The predicted octanol–water partition coefficient (Wildman–Crippen LogP) is 27.5. The molecule has 9 heteroatoms. The van der Waals surface area contributed by atoms with Crippen LogP contribution in [0.2, 0.25) is 0 Å². The molecule has 0 saturated heterocycles. The molecule has 0 bridgehead atoms. The van der Waals surface area contributed by atoms with Gasteiger partial charge in [-0.15, -0.1) is 68.0 Å². The molecule has 3 nitrogen and oxygen atoms in total. The number of aryl methyl sites for hydroxylation is 1. The lowest BCUT2D eigenvalue weighted by Gasteiger charge is -2.33. The lowest BCUT2D eigenvalue weighted by Crippen LogP contribution is -2.29. The third kappa shape index (κ3) is 13.8. The van der Waals surface area contributed by atoms with E-state index >= 15 is 9.59 Å². The number of thiophene rings is 6. The summed E-state index contributed by atoms with van der Waals surface area (Å²) in [5.41, 5.74) is 8.46. The molecule has 11 rings (SSSR count). The molecule has 1 aliphatic heterocycles. The Hall–Kier alpha value is -5.52. The van der Waals surface area contributed by atoms with Crippen LogP contribution in [0.25, 0.3) is 60.9 Å². The third-order valence-corrected chi connectivity index (χ3v) is 28.1. The third-order valence-electron chi connectivity index (χ3n) is 20.4. The Kier molecular flexibility index (Phi) is 22.8. The topological polar surface area (TPSA) is 37.4 Å². The zero-order valence-corrected chi connectivity index (χ0v) is 61.4. The van der Waals surface area contributed by atoms with E-state index in [1.807, 2.05) is 68.8 Å². The number of unbranched alkanes of at least 4 members (excludes halogenated alkanes) is 7. The maximum atomic E-state index is 15.6. The van der Waals surface area contributed by atoms with Crippen LogP contribution in [0.15, 0.2) is 145 Å². The molecular weight excluding hydrogens is 1240 g/mol. The molecule has 7 heterocycles. The quantitative estimate of drug-likeness (QED) is 0.0234. The fraction of sp³-hybridized carbons (Fsp3) is 0.422. The summed E-state index contributed by atoms with van der Waals surface area (Å²) in [5, 5.41) is 3.61. The van der Waals surface area contributed by atoms with Crippen molar-refractivity contribution in [3.05, 3.63) is 192 Å². The van der Waals surface area contributed by atoms with E-state index in [1.54, 1.807) is 11.3 Å². The molecule has 0 N–H and O–H groups in total. The fourth-order valence-corrected chi connectivity index (χ4v) is 22.9. The number of amides is 2. The van der Waals surface area contributed by atoms with E-state index in [1.165, 1.54) is 171 Å². The SMILES string of the molecule is C/C=C\CCC(C)(c1ccccc1)c1sc(-c2cc3c(-c4ccc(CC(CC)CCCC)s4)c4sc(C(CC)(C/C(C)=C/C)c5ccccc5)cc4c(-c4ccc(CC(CC)CCCC)s4)c3s2)c2sc3c(c12)C(=O)N(c1ccc(CCCCCCCC)cc1)C3=O. The number of allylic oxidation sites excluding steroid dienone is 4. The van der Waals surface area contributed by atoms with Crippen LogP contribution in [-0.2, 0) is 30.1 Å². The van der Waals surface area contributed by atoms with Gasteiger partial charge in [0.2, 0.25) is 0 Å². The molecule has 0 saturated carbocycles. The van der Waals surface area contributed by atoms with Gasteiger partial charge < -0.3 is 0 Å². The summed E-state index contributed by atoms with van der Waals surface area (Å²) in [6.45, 7) is 23.1. The highest BCUT2D eigenvalue weighted by molar-refractivity contribution is 7.32. The summed E-state index contributed by atoms with van der Waals surface area (Å²) < 4.78 is 3.74. The van der Waals surface area contributed by atoms with Gasteiger partial charge in [0.15, 0.2) is 0 Å². The highest BCUT2D eigenvalue weighted by Crippen LogP contribution is 2.60. The monoisotopic (exact) mass is 1330 g/mol. The summed E-state index contributed by atoms with van der Waals surface area (Å²) in [6.07, 6.45) is 31.0. The van der Waals surface area contributed by atoms with Gasteiger partial charge in [-0.05, 0) is 149 Å². The second-order valence-corrected chi connectivity index (χ2v) is 33.0. The number of rotatable bonds is 33. The lowest BCUT2D eigenvalue weighted by molar-refractivity contribution is 0.0927. The number of fused-ring (bicyclic) bond motifs is 5. The molecule has 10 aromatic rings. The second-order valence-electron chi connectivity index (χ2n) is 26.5. The Morgan fingerprint density at radius 3 is 1.73 bits per heavy atom. The number of anilines is 1. The Labute approximate surface area is 574 Å². The van der Waals surface area contributed by atoms with Crippen LogP contribution in [0.4, 0.5) is 5.69 Å². The van der Waals surface area contributed by atoms with Gasteiger partial charge in [-0.25, -0.2) is 4.90 Å². The minimum atomic E-state index is -0.477. The number of imide groups is 1. The van der Waals surface area contributed by atoms with Gasteiger partial charge in [-0.3, -0.25) is 9.59 Å². The van der Waals surface area contributed by atoms with Gasteiger partial charge in [-0.1, -0.05) is 229 Å². The average Bonchev–Trinajstić information content (AvgIpc) is 1.54. The van der Waals surface area contributed by atoms with E-state index in [2.05, 4.69) is 197 Å². The van der Waals surface area contributed by atoms with Crippen LogP contribution in [0, 0.1) is 11.8 Å². The number of carbonyl (C=O) groups excluding carboxylic acids is 2. The van der Waals surface area contributed by atoms with E-state index in [0.717, 1.165) is 71.2 Å². The van der Waals surface area contributed by atoms with Gasteiger partial charge >= 0.3 is 0 Å². The molecule has 4 aromatic carbocycles. The first-order valence-corrected chi connectivity index (χ1v) is 39.9. The van der Waals surface area contributed by atoms with Crippen molar-refractivity contribution in [1.82, 2.24) is 0 Å². The number of nitrogens with zero attached hydrogens (tertiary/aromatic N) is 1. The molecule has 2 amide bonds. The van der Waals surface area contributed by atoms with Crippen LogP contribution < -0.4 is 4.90 Å². The molecule has 6 aromatic heterocycles. The first-order valence-electron chi connectivity index (χ1n) is 35.0. The molecule has 4 atom stereocenters. The van der Waals surface area contributed by atoms with Gasteiger partial charge in [-0.2, -0.15) is 0 Å². The molecule has 92 heavy (non-hydrogen) atoms. The molecular formula is C83H97NO2S6. The second kappa shape index (κ2) is 30.9. The van der Waals surface area contributed by atoms with Gasteiger partial charge in [0, 0.05) is 81.7 Å². The summed E-state index contributed by atoms with van der Waals surface area (Å²) in [4.78, 5) is 43.5. The number of hydrogen-bond donors (Lipinski definition) is 0. The minimum Gasteiger partial charge on any atom is -0.268 e. The highest BCUT2D eigenvalue weighted by Gasteiger charge is 2.45. The van der Waals surface area contributed by atoms with Crippen molar-refractivity contribution in [1.29, 1.82) is 0 Å². The fourth-order valence-electron chi connectivity index (χ4n) is 14.6. The zero-order valence-electron chi connectivity index (χ0n) is 56.5. The molecule has 482 valence electrons. The van der Waals surface area contributed by atoms with Crippen LogP contribution >= 0.6 is 68.0 Å². The van der Waals surface area contributed by atoms with E-state index in [0.29, 0.717) is 28.0 Å². The summed E-state index contributed by atoms with van der Waals surface area (Å²) >= 11 is 11.4. The Bertz CT molecular complexity index is 4060. The Balaban J connectivity index is 1.16. The molecule has 0 aliphatic carbocycles. The van der Waals surface area contributed by atoms with Gasteiger partial charge in [0.25, 0.3) is 11.8 Å². The maximum Gasteiger partial charge on any atom is 0.276 e. The molecule has 0 radical (unpaired) electrons. The Morgan fingerprint density at radius 2 is 1.14 bits per heavy atom. The van der Waals surface area contributed by atoms with Crippen molar-refractivity contribution < 1.29 is 9.59 Å². The van der Waals surface area contributed by atoms with Gasteiger partial charge in [0.05, 0.1) is 20.8 Å². The summed E-state index contributed by atoms with van der Waals surface area (Å²) in [7, 11) is 0. The van der Waals surface area contributed by atoms with Crippen molar-refractivity contribution in [2.45, 2.75) is 215 Å². The van der Waals surface area contributed by atoms with Crippen molar-refractivity contribution in [3.8, 4) is 30.6 Å². The van der Waals surface area contributed by atoms with Crippen molar-refractivity contribution >= 4 is 116 Å². The van der Waals surface area contributed by atoms with Crippen LogP contribution in [0.5, 0.6) is 0 Å². The predicted molar refractivity (Wildman–Crippen MR) is 410 cm³/mol. The molecule has 4 unspecified atom stereocenters. The molecule has 0 fully saturated rings. The largest absolute Gasteiger partial charge is 0.276 e. The minimum absolute atomic E-state index is 0.211. The summed E-state index contributed by atoms with van der Waals surface area (Å²) in [5.74, 6) is 0.893. The normalized spacial score (nSPS) is 15.0. The zero-order chi connectivity index (χ0) is 64.5. The van der Waals surface area contributed by atoms with Crippen LogP contribution in [0.3, 0.4) is 0 Å². The Morgan fingerprint density at radius 1 is 0.554 bits per heavy atom. The number of hydrogen-bond acceptors (Lipinski definition) is 8. The number of carbonyl (C=O) groups is 2. The molecule has 0 spiro atoms. The van der Waals surface area contributed by atoms with Gasteiger partial charge in [0.1, 0.15) is 4.88 Å². The van der Waals surface area contributed by atoms with Crippen molar-refractivity contribution in [2.75, 3.05) is 4.90 Å². The lowest BCUT2D eigenvalue weighted by atomic mass is 9.72. The first-order chi connectivity index (χ1) is 44.9. The van der Waals surface area contributed by atoms with E-state index in [4.69, 9.17) is 0 Å². The smallest absolute Gasteiger partial charge is 0.268 e. The van der Waals surface area contributed by atoms with Crippen molar-refractivity contribution in [2.24, 2.45) is 11.8 Å². The highest BCUT2D eigenvalue weighted by atomic mass is 32.1. The maximum absolute atomic E-state index is 15.6. The number of benzene rings is 4.